The van der Waals surface area contributed by atoms with Crippen LogP contribution in [0.4, 0.5) is 34.8 Å². The maximum absolute atomic E-state index is 12.6. The summed E-state index contributed by atoms with van der Waals surface area (Å²) in [4.78, 5) is 24.2. The Labute approximate surface area is 234 Å². The molecule has 4 aromatic rings. The van der Waals surface area contributed by atoms with Gasteiger partial charge in [-0.3, -0.25) is 9.89 Å². The first kappa shape index (κ1) is 27.1. The normalized spacial score (nSPS) is 13.7. The highest BCUT2D eigenvalue weighted by Crippen LogP contribution is 2.25. The van der Waals surface area contributed by atoms with Crippen molar-refractivity contribution in [3.05, 3.63) is 77.5 Å². The molecular formula is C30H36N8O2. The Morgan fingerprint density at radius 3 is 2.27 bits per heavy atom. The van der Waals surface area contributed by atoms with Crippen LogP contribution in [0.25, 0.3) is 0 Å². The number of hydrogen-bond acceptors (Lipinski definition) is 8. The number of nitrogens with one attached hydrogen (secondary N) is 4. The fraction of sp³-hybridized carbons (Fsp3) is 0.333. The number of hydrogen-bond donors (Lipinski definition) is 4. The van der Waals surface area contributed by atoms with Crippen molar-refractivity contribution in [2.45, 2.75) is 39.5 Å². The van der Waals surface area contributed by atoms with E-state index in [1.165, 1.54) is 5.56 Å². The third kappa shape index (κ3) is 7.15. The second-order valence-corrected chi connectivity index (χ2v) is 11.0. The maximum atomic E-state index is 12.6. The van der Waals surface area contributed by atoms with Crippen molar-refractivity contribution < 1.29 is 9.53 Å². The van der Waals surface area contributed by atoms with Gasteiger partial charge in [0.1, 0.15) is 11.6 Å². The predicted octanol–water partition coefficient (Wildman–Crippen LogP) is 5.31. The van der Waals surface area contributed by atoms with Crippen LogP contribution in [0.15, 0.2) is 60.7 Å². The number of aromatic amines is 1. The number of benzene rings is 2. The Balaban J connectivity index is 1.25. The number of aromatic nitrogens is 4. The van der Waals surface area contributed by atoms with Gasteiger partial charge in [0.05, 0.1) is 19.6 Å². The molecule has 0 aliphatic carbocycles. The minimum Gasteiger partial charge on any atom is -0.378 e. The molecule has 0 bridgehead atoms. The summed E-state index contributed by atoms with van der Waals surface area (Å²) in [5.41, 5.74) is 4.78. The van der Waals surface area contributed by atoms with Gasteiger partial charge < -0.3 is 25.6 Å². The van der Waals surface area contributed by atoms with Gasteiger partial charge in [-0.15, -0.1) is 0 Å². The molecule has 208 valence electrons. The lowest BCUT2D eigenvalue weighted by molar-refractivity contribution is -0.115. The van der Waals surface area contributed by atoms with Crippen LogP contribution < -0.4 is 20.9 Å². The summed E-state index contributed by atoms with van der Waals surface area (Å²) in [5, 5.41) is 16.7. The Hall–Kier alpha value is -4.44. The molecule has 1 aliphatic heterocycles. The van der Waals surface area contributed by atoms with Gasteiger partial charge in [0.2, 0.25) is 11.9 Å². The number of H-pyrrole nitrogens is 1. The average Bonchev–Trinajstić information content (AvgIpc) is 3.34. The fourth-order valence-corrected chi connectivity index (χ4v) is 4.40. The van der Waals surface area contributed by atoms with E-state index in [-0.39, 0.29) is 17.7 Å². The lowest BCUT2D eigenvalue weighted by atomic mass is 9.87. The van der Waals surface area contributed by atoms with Gasteiger partial charge >= 0.3 is 0 Å². The Morgan fingerprint density at radius 2 is 1.62 bits per heavy atom. The van der Waals surface area contributed by atoms with Crippen molar-refractivity contribution >= 4 is 40.7 Å². The van der Waals surface area contributed by atoms with E-state index in [0.717, 1.165) is 41.5 Å². The summed E-state index contributed by atoms with van der Waals surface area (Å²) in [7, 11) is 0. The fourth-order valence-electron chi connectivity index (χ4n) is 4.40. The zero-order valence-electron chi connectivity index (χ0n) is 23.4. The zero-order valence-corrected chi connectivity index (χ0v) is 23.4. The van der Waals surface area contributed by atoms with Gasteiger partial charge in [0.15, 0.2) is 5.82 Å². The molecule has 0 unspecified atom stereocenters. The SMILES string of the molecule is Cc1cc(Nc2cc(N3CCOCC3)nc(Nc3ccc(CC(=O)Nc4ccc(C(C)(C)C)cc4)cc3)n2)n[nH]1. The summed E-state index contributed by atoms with van der Waals surface area (Å²) in [6.07, 6.45) is 0.279. The number of ether oxygens (including phenoxy) is 1. The topological polar surface area (TPSA) is 120 Å². The van der Waals surface area contributed by atoms with Gasteiger partial charge in [-0.2, -0.15) is 15.1 Å². The van der Waals surface area contributed by atoms with Gasteiger partial charge in [-0.05, 0) is 47.7 Å². The molecular weight excluding hydrogens is 504 g/mol. The molecule has 0 atom stereocenters. The molecule has 2 aromatic heterocycles. The number of aryl methyl sites for hydroxylation is 1. The van der Waals surface area contributed by atoms with E-state index < -0.39 is 0 Å². The third-order valence-electron chi connectivity index (χ3n) is 6.62. The van der Waals surface area contributed by atoms with Crippen molar-refractivity contribution in [1.29, 1.82) is 0 Å². The molecule has 0 saturated carbocycles. The number of amides is 1. The third-order valence-corrected chi connectivity index (χ3v) is 6.62. The lowest BCUT2D eigenvalue weighted by Crippen LogP contribution is -2.36. The summed E-state index contributed by atoms with van der Waals surface area (Å²) >= 11 is 0. The monoisotopic (exact) mass is 540 g/mol. The van der Waals surface area contributed by atoms with Crippen LogP contribution in [0.2, 0.25) is 0 Å². The summed E-state index contributed by atoms with van der Waals surface area (Å²) < 4.78 is 5.51. The molecule has 1 aliphatic rings. The number of morpholine rings is 1. The Kier molecular flexibility index (Phi) is 7.97. The quantitative estimate of drug-likeness (QED) is 0.237. The molecule has 10 nitrogen and oxygen atoms in total. The number of carbonyl (C=O) groups excluding carboxylic acids is 1. The standard InChI is InChI=1S/C30H36N8O2/c1-20-17-26(37-36-20)33-25-19-27(38-13-15-40-16-14-38)35-29(34-25)32-24-9-5-21(6-10-24)18-28(39)31-23-11-7-22(8-12-23)30(2,3)4/h5-12,17,19H,13-16,18H2,1-4H3,(H,31,39)(H3,32,33,34,35,36,37). The van der Waals surface area contributed by atoms with Crippen LogP contribution >= 0.6 is 0 Å². The molecule has 40 heavy (non-hydrogen) atoms. The predicted molar refractivity (Wildman–Crippen MR) is 159 cm³/mol. The van der Waals surface area contributed by atoms with Crippen molar-refractivity contribution in [1.82, 2.24) is 20.2 Å². The average molecular weight is 541 g/mol. The maximum Gasteiger partial charge on any atom is 0.231 e. The van der Waals surface area contributed by atoms with E-state index in [2.05, 4.69) is 68.9 Å². The highest BCUT2D eigenvalue weighted by molar-refractivity contribution is 5.92. The first-order valence-corrected chi connectivity index (χ1v) is 13.5. The number of rotatable bonds is 8. The number of carbonyl (C=O) groups is 1. The van der Waals surface area contributed by atoms with E-state index >= 15 is 0 Å². The van der Waals surface area contributed by atoms with Crippen LogP contribution in [0.3, 0.4) is 0 Å². The van der Waals surface area contributed by atoms with E-state index in [1.807, 2.05) is 55.5 Å². The molecule has 4 N–H and O–H groups in total. The van der Waals surface area contributed by atoms with Crippen LogP contribution in [0.1, 0.15) is 37.6 Å². The van der Waals surface area contributed by atoms with E-state index in [9.17, 15) is 4.79 Å². The lowest BCUT2D eigenvalue weighted by Gasteiger charge is -2.28. The van der Waals surface area contributed by atoms with E-state index in [0.29, 0.717) is 30.8 Å². The van der Waals surface area contributed by atoms with Crippen LogP contribution in [-0.2, 0) is 21.4 Å². The number of anilines is 6. The van der Waals surface area contributed by atoms with Crippen molar-refractivity contribution in [3.8, 4) is 0 Å². The second kappa shape index (κ2) is 11.7. The molecule has 10 heteroatoms. The molecule has 1 saturated heterocycles. The largest absolute Gasteiger partial charge is 0.378 e. The smallest absolute Gasteiger partial charge is 0.231 e. The van der Waals surface area contributed by atoms with Crippen LogP contribution in [0, 0.1) is 6.92 Å². The molecule has 2 aromatic carbocycles. The Bertz CT molecular complexity index is 1440. The van der Waals surface area contributed by atoms with Crippen molar-refractivity contribution in [3.63, 3.8) is 0 Å². The molecule has 0 radical (unpaired) electrons. The minimum absolute atomic E-state index is 0.0601. The highest BCUT2D eigenvalue weighted by Gasteiger charge is 2.16. The molecule has 5 rings (SSSR count). The molecule has 3 heterocycles. The Morgan fingerprint density at radius 1 is 0.925 bits per heavy atom. The molecule has 1 amide bonds. The second-order valence-electron chi connectivity index (χ2n) is 11.0. The molecule has 1 fully saturated rings. The summed E-state index contributed by atoms with van der Waals surface area (Å²) in [6.45, 7) is 11.3. The number of nitrogens with zero attached hydrogens (tertiary/aromatic N) is 4. The first-order valence-electron chi connectivity index (χ1n) is 13.5. The van der Waals surface area contributed by atoms with Crippen molar-refractivity contribution in [2.75, 3.05) is 47.2 Å². The minimum atomic E-state index is -0.0601. The highest BCUT2D eigenvalue weighted by atomic mass is 16.5. The van der Waals surface area contributed by atoms with E-state index in [1.54, 1.807) is 0 Å². The summed E-state index contributed by atoms with van der Waals surface area (Å²) in [6, 6.07) is 19.6. The van der Waals surface area contributed by atoms with Crippen LogP contribution in [0.5, 0.6) is 0 Å². The van der Waals surface area contributed by atoms with Crippen molar-refractivity contribution in [2.24, 2.45) is 0 Å². The van der Waals surface area contributed by atoms with Crippen LogP contribution in [-0.4, -0.2) is 52.4 Å². The van der Waals surface area contributed by atoms with Gasteiger partial charge in [0, 0.05) is 42.3 Å². The van der Waals surface area contributed by atoms with E-state index in [4.69, 9.17) is 9.72 Å². The summed E-state index contributed by atoms with van der Waals surface area (Å²) in [5.74, 6) is 2.52. The first-order chi connectivity index (χ1) is 19.2. The molecule has 0 spiro atoms. The van der Waals surface area contributed by atoms with Gasteiger partial charge in [-0.1, -0.05) is 45.0 Å². The van der Waals surface area contributed by atoms with Gasteiger partial charge in [-0.25, -0.2) is 0 Å². The zero-order chi connectivity index (χ0) is 28.1. The van der Waals surface area contributed by atoms with Gasteiger partial charge in [0.25, 0.3) is 0 Å².